The summed E-state index contributed by atoms with van der Waals surface area (Å²) < 4.78 is 0. The van der Waals surface area contributed by atoms with Gasteiger partial charge < -0.3 is 15.3 Å². The van der Waals surface area contributed by atoms with Crippen LogP contribution in [0.4, 0.5) is 0 Å². The third-order valence-electron chi connectivity index (χ3n) is 5.98. The van der Waals surface area contributed by atoms with Gasteiger partial charge in [-0.1, -0.05) is 25.3 Å². The third kappa shape index (κ3) is 6.69. The topological polar surface area (TPSA) is 76.4 Å². The summed E-state index contributed by atoms with van der Waals surface area (Å²) in [6, 6.07) is 12.1. The standard InChI is InChI=1S/C28H33N3O2S/c1-20-16-23(9-8-22(20)17-21(2)31-13-6-5-7-14-31)26-11-10-25(34-26)18-24(19-29)27(33)30-28(3,4)12-15-32/h8-11,16-18,32H,1-2,5-7,12-15H2,3-4H3,(H,30,33)/b22-17-,24-18+. The number of thiophene rings is 1. The van der Waals surface area contributed by atoms with Crippen molar-refractivity contribution >= 4 is 36.0 Å². The molecule has 1 aliphatic rings. The van der Waals surface area contributed by atoms with E-state index in [4.69, 9.17) is 5.11 Å². The normalized spacial score (nSPS) is 15.2. The molecule has 2 aromatic rings. The van der Waals surface area contributed by atoms with Crippen molar-refractivity contribution < 1.29 is 9.90 Å². The number of piperidine rings is 1. The number of amides is 1. The summed E-state index contributed by atoms with van der Waals surface area (Å²) in [5, 5.41) is 23.5. The second-order valence-corrected chi connectivity index (χ2v) is 10.4. The van der Waals surface area contributed by atoms with Gasteiger partial charge in [-0.3, -0.25) is 4.79 Å². The summed E-state index contributed by atoms with van der Waals surface area (Å²) in [6.45, 7) is 14.2. The number of nitriles is 1. The quantitative estimate of drug-likeness (QED) is 0.450. The fourth-order valence-electron chi connectivity index (χ4n) is 3.94. The largest absolute Gasteiger partial charge is 0.396 e. The van der Waals surface area contributed by atoms with Crippen molar-refractivity contribution in [3.05, 3.63) is 63.5 Å². The zero-order valence-corrected chi connectivity index (χ0v) is 20.9. The molecule has 0 bridgehead atoms. The summed E-state index contributed by atoms with van der Waals surface area (Å²) >= 11 is 1.52. The second-order valence-electron chi connectivity index (χ2n) is 9.28. The number of hydrogen-bond donors (Lipinski definition) is 2. The maximum absolute atomic E-state index is 12.5. The van der Waals surface area contributed by atoms with E-state index in [2.05, 4.69) is 47.6 Å². The average Bonchev–Trinajstić information content (AvgIpc) is 3.27. The number of hydrogen-bond acceptors (Lipinski definition) is 5. The van der Waals surface area contributed by atoms with Gasteiger partial charge in [0.1, 0.15) is 11.6 Å². The van der Waals surface area contributed by atoms with Gasteiger partial charge in [-0.15, -0.1) is 11.3 Å². The van der Waals surface area contributed by atoms with E-state index in [0.717, 1.165) is 44.5 Å². The maximum Gasteiger partial charge on any atom is 0.262 e. The summed E-state index contributed by atoms with van der Waals surface area (Å²) in [5.41, 5.74) is 1.52. The Morgan fingerprint density at radius 1 is 1.26 bits per heavy atom. The Morgan fingerprint density at radius 2 is 2.00 bits per heavy atom. The predicted molar refractivity (Wildman–Crippen MR) is 141 cm³/mol. The van der Waals surface area contributed by atoms with Gasteiger partial charge in [0, 0.05) is 40.7 Å². The molecule has 178 valence electrons. The molecule has 0 spiro atoms. The molecule has 1 fully saturated rings. The van der Waals surface area contributed by atoms with E-state index in [0.29, 0.717) is 6.42 Å². The highest BCUT2D eigenvalue weighted by Crippen LogP contribution is 2.28. The minimum atomic E-state index is -0.592. The van der Waals surface area contributed by atoms with Crippen LogP contribution in [0.2, 0.25) is 0 Å². The molecule has 0 saturated carbocycles. The van der Waals surface area contributed by atoms with Crippen molar-refractivity contribution in [3.63, 3.8) is 0 Å². The van der Waals surface area contributed by atoms with Crippen molar-refractivity contribution in [2.45, 2.75) is 45.1 Å². The minimum Gasteiger partial charge on any atom is -0.396 e. The van der Waals surface area contributed by atoms with Crippen molar-refractivity contribution in [3.8, 4) is 16.5 Å². The minimum absolute atomic E-state index is 0.0373. The van der Waals surface area contributed by atoms with Crippen LogP contribution in [0, 0.1) is 11.3 Å². The lowest BCUT2D eigenvalue weighted by atomic mass is 10.0. The Morgan fingerprint density at radius 3 is 2.65 bits per heavy atom. The Labute approximate surface area is 206 Å². The van der Waals surface area contributed by atoms with Crippen molar-refractivity contribution in [2.24, 2.45) is 0 Å². The van der Waals surface area contributed by atoms with Crippen LogP contribution in [0.1, 0.15) is 44.4 Å². The van der Waals surface area contributed by atoms with Crippen LogP contribution in [-0.4, -0.2) is 41.1 Å². The number of carbonyl (C=O) groups excluding carboxylic acids is 1. The van der Waals surface area contributed by atoms with Gasteiger partial charge in [0.25, 0.3) is 5.91 Å². The molecule has 0 aliphatic carbocycles. The maximum atomic E-state index is 12.5. The van der Waals surface area contributed by atoms with Gasteiger partial charge in [-0.05, 0) is 85.9 Å². The molecular formula is C28H33N3O2S. The molecule has 1 aromatic carbocycles. The lowest BCUT2D eigenvalue weighted by molar-refractivity contribution is -0.118. The Bertz CT molecular complexity index is 1230. The number of likely N-dealkylation sites (tertiary alicyclic amines) is 1. The molecule has 1 aromatic heterocycles. The van der Waals surface area contributed by atoms with Crippen LogP contribution >= 0.6 is 11.3 Å². The first-order chi connectivity index (χ1) is 16.2. The molecule has 1 amide bonds. The van der Waals surface area contributed by atoms with Crippen LogP contribution in [-0.2, 0) is 4.79 Å². The molecule has 1 aliphatic heterocycles. The first-order valence-corrected chi connectivity index (χ1v) is 12.4. The number of rotatable bonds is 8. The summed E-state index contributed by atoms with van der Waals surface area (Å²) in [4.78, 5) is 16.7. The van der Waals surface area contributed by atoms with E-state index < -0.39 is 11.4 Å². The molecule has 2 N–H and O–H groups in total. The van der Waals surface area contributed by atoms with E-state index in [1.165, 1.54) is 30.6 Å². The van der Waals surface area contributed by atoms with Crippen molar-refractivity contribution in [2.75, 3.05) is 19.7 Å². The predicted octanol–water partition coefficient (Wildman–Crippen LogP) is 3.79. The molecule has 0 atom stereocenters. The summed E-state index contributed by atoms with van der Waals surface area (Å²) in [5.74, 6) is -0.440. The molecule has 0 radical (unpaired) electrons. The summed E-state index contributed by atoms with van der Waals surface area (Å²) in [7, 11) is 0. The lowest BCUT2D eigenvalue weighted by Crippen LogP contribution is -2.44. The Kier molecular flexibility index (Phi) is 8.49. The molecule has 0 unspecified atom stereocenters. The lowest BCUT2D eigenvalue weighted by Gasteiger charge is -2.29. The van der Waals surface area contributed by atoms with Crippen molar-refractivity contribution in [1.29, 1.82) is 5.26 Å². The molecule has 3 rings (SSSR count). The summed E-state index contributed by atoms with van der Waals surface area (Å²) in [6.07, 6.45) is 7.85. The smallest absolute Gasteiger partial charge is 0.262 e. The third-order valence-corrected chi connectivity index (χ3v) is 7.06. The molecule has 34 heavy (non-hydrogen) atoms. The van der Waals surface area contributed by atoms with E-state index in [-0.39, 0.29) is 12.2 Å². The first-order valence-electron chi connectivity index (χ1n) is 11.6. The van der Waals surface area contributed by atoms with Gasteiger partial charge in [-0.25, -0.2) is 0 Å². The van der Waals surface area contributed by atoms with Gasteiger partial charge in [0.05, 0.1) is 0 Å². The monoisotopic (exact) mass is 475 g/mol. The van der Waals surface area contributed by atoms with E-state index in [1.807, 2.05) is 32.0 Å². The SMILES string of the molecule is C=C(/C=c1/ccc(-c2ccc(/C=C(\C#N)C(=O)NC(C)(C)CCO)s2)cc1=C)N1CCCCC1. The molecular weight excluding hydrogens is 442 g/mol. The van der Waals surface area contributed by atoms with Gasteiger partial charge in [0.15, 0.2) is 0 Å². The molecule has 1 saturated heterocycles. The second kappa shape index (κ2) is 11.3. The number of nitrogens with zero attached hydrogens (tertiary/aromatic N) is 2. The Balaban J connectivity index is 1.77. The number of allylic oxidation sites excluding steroid dienone is 1. The molecule has 6 heteroatoms. The van der Waals surface area contributed by atoms with Gasteiger partial charge in [0.2, 0.25) is 0 Å². The van der Waals surface area contributed by atoms with Crippen LogP contribution in [0.5, 0.6) is 0 Å². The fourth-order valence-corrected chi connectivity index (χ4v) is 4.89. The number of carbonyl (C=O) groups is 1. The Hall–Kier alpha value is -3.14. The van der Waals surface area contributed by atoms with E-state index in [1.54, 1.807) is 6.08 Å². The van der Waals surface area contributed by atoms with Crippen LogP contribution in [0.25, 0.3) is 29.2 Å². The zero-order chi connectivity index (χ0) is 24.7. The highest BCUT2D eigenvalue weighted by atomic mass is 32.1. The van der Waals surface area contributed by atoms with Gasteiger partial charge >= 0.3 is 0 Å². The number of aliphatic hydroxyl groups is 1. The first kappa shape index (κ1) is 25.5. The van der Waals surface area contributed by atoms with Crippen LogP contribution in [0.3, 0.4) is 0 Å². The number of nitrogens with one attached hydrogen (secondary N) is 1. The number of aliphatic hydroxyl groups excluding tert-OH is 1. The van der Waals surface area contributed by atoms with Crippen LogP contribution < -0.4 is 15.8 Å². The van der Waals surface area contributed by atoms with Crippen LogP contribution in [0.15, 0.2) is 48.2 Å². The highest BCUT2D eigenvalue weighted by molar-refractivity contribution is 7.16. The van der Waals surface area contributed by atoms with Crippen molar-refractivity contribution in [1.82, 2.24) is 10.2 Å². The fraction of sp³-hybridized carbons (Fsp3) is 0.357. The zero-order valence-electron chi connectivity index (χ0n) is 20.1. The highest BCUT2D eigenvalue weighted by Gasteiger charge is 2.22. The molecule has 2 heterocycles. The average molecular weight is 476 g/mol. The van der Waals surface area contributed by atoms with Gasteiger partial charge in [-0.2, -0.15) is 5.26 Å². The van der Waals surface area contributed by atoms with E-state index in [9.17, 15) is 10.1 Å². The van der Waals surface area contributed by atoms with E-state index >= 15 is 0 Å². The molecule has 5 nitrogen and oxygen atoms in total. The number of benzene rings is 1.